The molecule has 7 heteroatoms. The van der Waals surface area contributed by atoms with Crippen molar-refractivity contribution in [2.75, 3.05) is 26.2 Å². The Labute approximate surface area is 138 Å². The van der Waals surface area contributed by atoms with Crippen LogP contribution in [0.4, 0.5) is 0 Å². The number of carbonyl (C=O) groups is 1. The summed E-state index contributed by atoms with van der Waals surface area (Å²) < 4.78 is 1.99. The van der Waals surface area contributed by atoms with Gasteiger partial charge in [-0.05, 0) is 25.8 Å². The van der Waals surface area contributed by atoms with Crippen LogP contribution in [0.15, 0.2) is 12.4 Å². The first kappa shape index (κ1) is 18.9. The van der Waals surface area contributed by atoms with E-state index < -0.39 is 0 Å². The summed E-state index contributed by atoms with van der Waals surface area (Å²) in [6, 6.07) is 0. The van der Waals surface area contributed by atoms with Crippen LogP contribution in [-0.2, 0) is 17.9 Å². The second kappa shape index (κ2) is 9.82. The molecule has 1 aliphatic rings. The minimum atomic E-state index is 0. The Morgan fingerprint density at radius 2 is 2.36 bits per heavy atom. The topological polar surface area (TPSA) is 76.2 Å². The Morgan fingerprint density at radius 3 is 3.09 bits per heavy atom. The lowest BCUT2D eigenvalue weighted by Gasteiger charge is -2.31. The summed E-state index contributed by atoms with van der Waals surface area (Å²) >= 11 is 0. The van der Waals surface area contributed by atoms with Crippen molar-refractivity contribution < 1.29 is 4.79 Å². The molecule has 0 aromatic carbocycles. The predicted octanol–water partition coefficient (Wildman–Crippen LogP) is 1.00. The third kappa shape index (κ3) is 5.59. The smallest absolute Gasteiger partial charge is 0.224 e. The molecule has 1 unspecified atom stereocenters. The van der Waals surface area contributed by atoms with Crippen LogP contribution in [0.2, 0.25) is 0 Å². The van der Waals surface area contributed by atoms with Gasteiger partial charge in [-0.25, -0.2) is 0 Å². The van der Waals surface area contributed by atoms with Gasteiger partial charge >= 0.3 is 0 Å². The van der Waals surface area contributed by atoms with Crippen molar-refractivity contribution >= 4 is 18.3 Å². The van der Waals surface area contributed by atoms with Gasteiger partial charge < -0.3 is 11.1 Å². The zero-order chi connectivity index (χ0) is 15.1. The number of nitrogens with two attached hydrogens (primary N) is 1. The summed E-state index contributed by atoms with van der Waals surface area (Å²) in [6.45, 7) is 6.94. The van der Waals surface area contributed by atoms with Gasteiger partial charge in [0.25, 0.3) is 0 Å². The first-order valence-corrected chi connectivity index (χ1v) is 7.94. The third-order valence-electron chi connectivity index (χ3n) is 3.87. The van der Waals surface area contributed by atoms with Crippen molar-refractivity contribution in [1.82, 2.24) is 20.0 Å². The highest BCUT2D eigenvalue weighted by Crippen LogP contribution is 2.18. The van der Waals surface area contributed by atoms with E-state index >= 15 is 0 Å². The Kier molecular flexibility index (Phi) is 8.45. The van der Waals surface area contributed by atoms with Crippen LogP contribution in [0.3, 0.4) is 0 Å². The summed E-state index contributed by atoms with van der Waals surface area (Å²) in [6.07, 6.45) is 7.19. The van der Waals surface area contributed by atoms with E-state index in [1.165, 1.54) is 5.56 Å². The fourth-order valence-electron chi connectivity index (χ4n) is 2.85. The fraction of sp³-hybridized carbons (Fsp3) is 0.733. The second-order valence-electron chi connectivity index (χ2n) is 5.77. The standard InChI is InChI=1S/C15H27N5O.ClH/c1-2-7-20-11-13(9-18-20)10-19-8-3-4-14(12-19)15(21)17-6-5-16;/h9,11,14H,2-8,10,12,16H2,1H3,(H,17,21);1H. The van der Waals surface area contributed by atoms with Crippen LogP contribution < -0.4 is 11.1 Å². The van der Waals surface area contributed by atoms with Gasteiger partial charge in [0.05, 0.1) is 12.1 Å². The van der Waals surface area contributed by atoms with Crippen LogP contribution in [0.25, 0.3) is 0 Å². The molecule has 0 saturated carbocycles. The molecule has 0 bridgehead atoms. The Morgan fingerprint density at radius 1 is 1.55 bits per heavy atom. The largest absolute Gasteiger partial charge is 0.355 e. The number of carbonyl (C=O) groups excluding carboxylic acids is 1. The zero-order valence-corrected chi connectivity index (χ0v) is 14.1. The first-order valence-electron chi connectivity index (χ1n) is 7.94. The first-order chi connectivity index (χ1) is 10.2. The fourth-order valence-corrected chi connectivity index (χ4v) is 2.85. The van der Waals surface area contributed by atoms with E-state index in [4.69, 9.17) is 5.73 Å². The molecule has 126 valence electrons. The molecular formula is C15H28ClN5O. The third-order valence-corrected chi connectivity index (χ3v) is 3.87. The van der Waals surface area contributed by atoms with Gasteiger partial charge in [-0.2, -0.15) is 5.10 Å². The summed E-state index contributed by atoms with van der Waals surface area (Å²) in [7, 11) is 0. The molecule has 0 spiro atoms. The number of nitrogens with one attached hydrogen (secondary N) is 1. The van der Waals surface area contributed by atoms with Gasteiger partial charge in [0.15, 0.2) is 0 Å². The Bertz CT molecular complexity index is 451. The number of nitrogens with zero attached hydrogens (tertiary/aromatic N) is 3. The molecule has 1 aromatic rings. The van der Waals surface area contributed by atoms with E-state index in [9.17, 15) is 4.79 Å². The van der Waals surface area contributed by atoms with Crippen molar-refractivity contribution in [3.63, 3.8) is 0 Å². The van der Waals surface area contributed by atoms with E-state index in [1.54, 1.807) is 0 Å². The van der Waals surface area contributed by atoms with Crippen molar-refractivity contribution in [2.45, 2.75) is 39.3 Å². The maximum atomic E-state index is 12.0. The molecule has 1 atom stereocenters. The number of hydrogen-bond acceptors (Lipinski definition) is 4. The maximum absolute atomic E-state index is 12.0. The molecule has 1 saturated heterocycles. The van der Waals surface area contributed by atoms with Gasteiger partial charge in [-0.1, -0.05) is 6.92 Å². The number of likely N-dealkylation sites (tertiary alicyclic amines) is 1. The average molecular weight is 330 g/mol. The van der Waals surface area contributed by atoms with Crippen molar-refractivity contribution in [3.05, 3.63) is 18.0 Å². The predicted molar refractivity (Wildman–Crippen MR) is 89.8 cm³/mol. The van der Waals surface area contributed by atoms with E-state index in [1.807, 2.05) is 10.9 Å². The van der Waals surface area contributed by atoms with Crippen LogP contribution in [-0.4, -0.2) is 46.8 Å². The summed E-state index contributed by atoms with van der Waals surface area (Å²) in [5, 5.41) is 7.26. The highest BCUT2D eigenvalue weighted by Gasteiger charge is 2.25. The molecule has 1 aliphatic heterocycles. The summed E-state index contributed by atoms with van der Waals surface area (Å²) in [5.74, 6) is 0.239. The van der Waals surface area contributed by atoms with Gasteiger partial charge in [0.1, 0.15) is 0 Å². The molecule has 1 aromatic heterocycles. The van der Waals surface area contributed by atoms with Crippen LogP contribution in [0, 0.1) is 5.92 Å². The molecule has 1 fully saturated rings. The Hall–Kier alpha value is -1.11. The van der Waals surface area contributed by atoms with E-state index in [0.29, 0.717) is 13.1 Å². The van der Waals surface area contributed by atoms with E-state index in [-0.39, 0.29) is 24.2 Å². The molecule has 6 nitrogen and oxygen atoms in total. The molecule has 3 N–H and O–H groups in total. The highest BCUT2D eigenvalue weighted by atomic mass is 35.5. The quantitative estimate of drug-likeness (QED) is 0.782. The number of rotatable bonds is 7. The van der Waals surface area contributed by atoms with E-state index in [2.05, 4.69) is 28.4 Å². The van der Waals surface area contributed by atoms with Crippen molar-refractivity contribution in [3.8, 4) is 0 Å². The van der Waals surface area contributed by atoms with Gasteiger partial charge in [-0.3, -0.25) is 14.4 Å². The number of halogens is 1. The molecule has 0 radical (unpaired) electrons. The Balaban J connectivity index is 0.00000242. The molecule has 0 aliphatic carbocycles. The van der Waals surface area contributed by atoms with Gasteiger partial charge in [0.2, 0.25) is 5.91 Å². The minimum Gasteiger partial charge on any atom is -0.355 e. The van der Waals surface area contributed by atoms with E-state index in [0.717, 1.165) is 45.4 Å². The number of amides is 1. The minimum absolute atomic E-state index is 0. The second-order valence-corrected chi connectivity index (χ2v) is 5.77. The molecule has 2 rings (SSSR count). The SMILES string of the molecule is CCCn1cc(CN2CCCC(C(=O)NCCN)C2)cn1.Cl. The molecule has 1 amide bonds. The van der Waals surface area contributed by atoms with Crippen molar-refractivity contribution in [1.29, 1.82) is 0 Å². The number of aryl methyl sites for hydroxylation is 1. The molecule has 22 heavy (non-hydrogen) atoms. The molecule has 2 heterocycles. The lowest BCUT2D eigenvalue weighted by Crippen LogP contribution is -2.43. The maximum Gasteiger partial charge on any atom is 0.224 e. The highest BCUT2D eigenvalue weighted by molar-refractivity contribution is 5.85. The van der Waals surface area contributed by atoms with Crippen molar-refractivity contribution in [2.24, 2.45) is 11.7 Å². The summed E-state index contributed by atoms with van der Waals surface area (Å²) in [4.78, 5) is 14.4. The zero-order valence-electron chi connectivity index (χ0n) is 13.3. The lowest BCUT2D eigenvalue weighted by atomic mass is 9.97. The normalized spacial score (nSPS) is 18.7. The van der Waals surface area contributed by atoms with Gasteiger partial charge in [-0.15, -0.1) is 12.4 Å². The van der Waals surface area contributed by atoms with Gasteiger partial charge in [0, 0.05) is 44.5 Å². The monoisotopic (exact) mass is 329 g/mol. The lowest BCUT2D eigenvalue weighted by molar-refractivity contribution is -0.126. The summed E-state index contributed by atoms with van der Waals surface area (Å²) in [5.41, 5.74) is 6.66. The average Bonchev–Trinajstić information content (AvgIpc) is 2.92. The number of aromatic nitrogens is 2. The van der Waals surface area contributed by atoms with Crippen LogP contribution in [0.5, 0.6) is 0 Å². The number of piperidine rings is 1. The number of hydrogen-bond donors (Lipinski definition) is 2. The van der Waals surface area contributed by atoms with Crippen LogP contribution >= 0.6 is 12.4 Å². The molecular weight excluding hydrogens is 302 g/mol. The van der Waals surface area contributed by atoms with Crippen LogP contribution in [0.1, 0.15) is 31.7 Å².